The minimum absolute atomic E-state index is 0.687. The van der Waals surface area contributed by atoms with Gasteiger partial charge in [0.25, 0.3) is 0 Å². The number of aromatic nitrogens is 2. The predicted octanol–water partition coefficient (Wildman–Crippen LogP) is 1.01. The minimum atomic E-state index is 0.687. The zero-order valence-electron chi connectivity index (χ0n) is 10.3. The Hall–Kier alpha value is -0.870. The summed E-state index contributed by atoms with van der Waals surface area (Å²) >= 11 is 0. The Balaban J connectivity index is 1.86. The van der Waals surface area contributed by atoms with Gasteiger partial charge in [-0.15, -0.1) is 0 Å². The molecule has 1 aliphatic heterocycles. The standard InChI is InChI=1S/C12H22N4/c1-10(2)7-11-8-14-12(15-11)9-16-5-3-13-4-6-16/h8,10,13H,3-7,9H2,1-2H3,(H,14,15). The second-order valence-electron chi connectivity index (χ2n) is 4.98. The Morgan fingerprint density at radius 3 is 2.81 bits per heavy atom. The average molecular weight is 222 g/mol. The topological polar surface area (TPSA) is 44.0 Å². The Labute approximate surface area is 97.4 Å². The molecule has 1 aromatic rings. The number of H-pyrrole nitrogens is 1. The number of hydrogen-bond donors (Lipinski definition) is 2. The van der Waals surface area contributed by atoms with Crippen LogP contribution in [-0.2, 0) is 13.0 Å². The van der Waals surface area contributed by atoms with Crippen LogP contribution in [0.5, 0.6) is 0 Å². The van der Waals surface area contributed by atoms with E-state index in [-0.39, 0.29) is 0 Å². The van der Waals surface area contributed by atoms with Crippen molar-refractivity contribution in [2.75, 3.05) is 26.2 Å². The van der Waals surface area contributed by atoms with E-state index in [1.54, 1.807) is 0 Å². The van der Waals surface area contributed by atoms with Crippen molar-refractivity contribution in [1.29, 1.82) is 0 Å². The fourth-order valence-corrected chi connectivity index (χ4v) is 2.11. The largest absolute Gasteiger partial charge is 0.345 e. The fourth-order valence-electron chi connectivity index (χ4n) is 2.11. The van der Waals surface area contributed by atoms with Crippen LogP contribution in [-0.4, -0.2) is 41.0 Å². The van der Waals surface area contributed by atoms with Crippen molar-refractivity contribution in [1.82, 2.24) is 20.2 Å². The van der Waals surface area contributed by atoms with Gasteiger partial charge in [-0.3, -0.25) is 4.90 Å². The zero-order valence-corrected chi connectivity index (χ0v) is 10.3. The van der Waals surface area contributed by atoms with Gasteiger partial charge in [0.05, 0.1) is 6.54 Å². The summed E-state index contributed by atoms with van der Waals surface area (Å²) in [6.07, 6.45) is 3.08. The van der Waals surface area contributed by atoms with Crippen LogP contribution >= 0.6 is 0 Å². The maximum absolute atomic E-state index is 4.45. The molecular formula is C12H22N4. The third-order valence-corrected chi connectivity index (χ3v) is 2.89. The molecule has 16 heavy (non-hydrogen) atoms. The second-order valence-corrected chi connectivity index (χ2v) is 4.98. The summed E-state index contributed by atoms with van der Waals surface area (Å²) in [5, 5.41) is 3.36. The molecule has 2 N–H and O–H groups in total. The Morgan fingerprint density at radius 2 is 2.12 bits per heavy atom. The average Bonchev–Trinajstić information content (AvgIpc) is 2.66. The van der Waals surface area contributed by atoms with Gasteiger partial charge in [0.15, 0.2) is 0 Å². The first-order valence-corrected chi connectivity index (χ1v) is 6.20. The van der Waals surface area contributed by atoms with Gasteiger partial charge in [-0.25, -0.2) is 4.98 Å². The van der Waals surface area contributed by atoms with Crippen LogP contribution in [0.15, 0.2) is 6.20 Å². The van der Waals surface area contributed by atoms with Gasteiger partial charge < -0.3 is 10.3 Å². The van der Waals surface area contributed by atoms with Gasteiger partial charge in [-0.2, -0.15) is 0 Å². The molecule has 0 unspecified atom stereocenters. The van der Waals surface area contributed by atoms with Crippen molar-refractivity contribution >= 4 is 0 Å². The summed E-state index contributed by atoms with van der Waals surface area (Å²) in [6, 6.07) is 0. The molecule has 0 atom stereocenters. The molecule has 1 aromatic heterocycles. The Bertz CT molecular complexity index is 313. The summed E-state index contributed by atoms with van der Waals surface area (Å²) < 4.78 is 0. The Kier molecular flexibility index (Phi) is 3.96. The molecule has 1 aliphatic rings. The molecule has 0 amide bonds. The van der Waals surface area contributed by atoms with E-state index in [9.17, 15) is 0 Å². The highest BCUT2D eigenvalue weighted by atomic mass is 15.2. The van der Waals surface area contributed by atoms with Crippen molar-refractivity contribution < 1.29 is 0 Å². The molecule has 2 heterocycles. The van der Waals surface area contributed by atoms with E-state index in [1.165, 1.54) is 5.69 Å². The number of nitrogens with one attached hydrogen (secondary N) is 2. The molecule has 4 nitrogen and oxygen atoms in total. The first-order valence-electron chi connectivity index (χ1n) is 6.20. The maximum Gasteiger partial charge on any atom is 0.120 e. The van der Waals surface area contributed by atoms with Crippen LogP contribution in [0, 0.1) is 5.92 Å². The summed E-state index contributed by atoms with van der Waals surface area (Å²) in [5.41, 5.74) is 1.26. The highest BCUT2D eigenvalue weighted by molar-refractivity contribution is 5.02. The molecule has 1 fully saturated rings. The molecule has 0 spiro atoms. The van der Waals surface area contributed by atoms with Crippen molar-refractivity contribution in [2.45, 2.75) is 26.8 Å². The number of piperazine rings is 1. The van der Waals surface area contributed by atoms with Crippen LogP contribution in [0.25, 0.3) is 0 Å². The number of hydrogen-bond acceptors (Lipinski definition) is 3. The summed E-state index contributed by atoms with van der Waals surface area (Å²) in [6.45, 7) is 9.87. The summed E-state index contributed by atoms with van der Waals surface area (Å²) in [4.78, 5) is 10.3. The normalized spacial score (nSPS) is 18.2. The molecule has 0 bridgehead atoms. The van der Waals surface area contributed by atoms with E-state index in [4.69, 9.17) is 0 Å². The lowest BCUT2D eigenvalue weighted by Gasteiger charge is -2.26. The molecule has 1 saturated heterocycles. The van der Waals surface area contributed by atoms with Gasteiger partial charge >= 0.3 is 0 Å². The third-order valence-electron chi connectivity index (χ3n) is 2.89. The van der Waals surface area contributed by atoms with Gasteiger partial charge in [-0.1, -0.05) is 13.8 Å². The zero-order chi connectivity index (χ0) is 11.4. The minimum Gasteiger partial charge on any atom is -0.345 e. The second kappa shape index (κ2) is 5.46. The number of rotatable bonds is 4. The van der Waals surface area contributed by atoms with Crippen molar-refractivity contribution in [2.24, 2.45) is 5.92 Å². The monoisotopic (exact) mass is 222 g/mol. The number of nitrogens with zero attached hydrogens (tertiary/aromatic N) is 2. The molecule has 0 saturated carbocycles. The number of aromatic amines is 1. The predicted molar refractivity (Wildman–Crippen MR) is 65.3 cm³/mol. The highest BCUT2D eigenvalue weighted by Crippen LogP contribution is 2.07. The van der Waals surface area contributed by atoms with Crippen LogP contribution in [0.1, 0.15) is 25.4 Å². The molecule has 4 heteroatoms. The van der Waals surface area contributed by atoms with E-state index in [0.717, 1.165) is 45.0 Å². The van der Waals surface area contributed by atoms with Crippen LogP contribution in [0.4, 0.5) is 0 Å². The fraction of sp³-hybridized carbons (Fsp3) is 0.750. The lowest BCUT2D eigenvalue weighted by Crippen LogP contribution is -2.43. The van der Waals surface area contributed by atoms with Gasteiger partial charge in [0.1, 0.15) is 5.82 Å². The number of imidazole rings is 1. The van der Waals surface area contributed by atoms with Crippen molar-refractivity contribution in [3.05, 3.63) is 17.7 Å². The highest BCUT2D eigenvalue weighted by Gasteiger charge is 2.11. The van der Waals surface area contributed by atoms with Gasteiger partial charge in [0.2, 0.25) is 0 Å². The quantitative estimate of drug-likeness (QED) is 0.799. The molecule has 2 rings (SSSR count). The molecular weight excluding hydrogens is 200 g/mol. The van der Waals surface area contributed by atoms with E-state index >= 15 is 0 Å². The van der Waals surface area contributed by atoms with Crippen molar-refractivity contribution in [3.8, 4) is 0 Å². The summed E-state index contributed by atoms with van der Waals surface area (Å²) in [7, 11) is 0. The van der Waals surface area contributed by atoms with Crippen LogP contribution in [0.3, 0.4) is 0 Å². The third kappa shape index (κ3) is 3.32. The lowest BCUT2D eigenvalue weighted by molar-refractivity contribution is 0.228. The molecule has 0 aromatic carbocycles. The maximum atomic E-state index is 4.45. The van der Waals surface area contributed by atoms with Gasteiger partial charge in [0, 0.05) is 38.1 Å². The SMILES string of the molecule is CC(C)Cc1cnc(CN2CCNCC2)[nH]1. The first kappa shape index (κ1) is 11.6. The lowest BCUT2D eigenvalue weighted by atomic mass is 10.1. The first-order chi connectivity index (χ1) is 7.74. The Morgan fingerprint density at radius 1 is 1.38 bits per heavy atom. The molecule has 90 valence electrons. The van der Waals surface area contributed by atoms with E-state index in [0.29, 0.717) is 5.92 Å². The summed E-state index contributed by atoms with van der Waals surface area (Å²) in [5.74, 6) is 1.80. The molecule has 0 radical (unpaired) electrons. The smallest absolute Gasteiger partial charge is 0.120 e. The van der Waals surface area contributed by atoms with Crippen LogP contribution in [0.2, 0.25) is 0 Å². The van der Waals surface area contributed by atoms with E-state index in [1.807, 2.05) is 6.20 Å². The van der Waals surface area contributed by atoms with E-state index < -0.39 is 0 Å². The van der Waals surface area contributed by atoms with Crippen molar-refractivity contribution in [3.63, 3.8) is 0 Å². The van der Waals surface area contributed by atoms with Crippen LogP contribution < -0.4 is 5.32 Å². The van der Waals surface area contributed by atoms with Gasteiger partial charge in [-0.05, 0) is 12.3 Å². The van der Waals surface area contributed by atoms with E-state index in [2.05, 4.69) is 34.0 Å². The molecule has 0 aliphatic carbocycles.